The van der Waals surface area contributed by atoms with Crippen LogP contribution in [0.5, 0.6) is 0 Å². The third kappa shape index (κ3) is 9.42. The van der Waals surface area contributed by atoms with Crippen molar-refractivity contribution in [3.05, 3.63) is 11.6 Å². The maximum Gasteiger partial charge on any atom is 0.246 e. The molecule has 0 aromatic heterocycles. The molecular weight excluding hydrogens is 288 g/mol. The molecule has 0 spiro atoms. The lowest BCUT2D eigenvalue weighted by atomic mass is 10.1. The van der Waals surface area contributed by atoms with Gasteiger partial charge in [0.2, 0.25) is 11.8 Å². The molecule has 0 bridgehead atoms. The summed E-state index contributed by atoms with van der Waals surface area (Å²) in [5.74, 6) is 0.0187. The molecule has 0 aromatic carbocycles. The SMILES string of the molecule is CCCCCCCCCC=C(C)C(=O)N[C@H]1CCCNC(=O)C1. The van der Waals surface area contributed by atoms with Crippen LogP contribution in [-0.2, 0) is 9.59 Å². The summed E-state index contributed by atoms with van der Waals surface area (Å²) < 4.78 is 0. The van der Waals surface area contributed by atoms with Crippen molar-refractivity contribution in [1.29, 1.82) is 0 Å². The van der Waals surface area contributed by atoms with Crippen LogP contribution in [-0.4, -0.2) is 24.4 Å². The van der Waals surface area contributed by atoms with E-state index in [-0.39, 0.29) is 17.9 Å². The lowest BCUT2D eigenvalue weighted by Gasteiger charge is -2.15. The van der Waals surface area contributed by atoms with Crippen LogP contribution < -0.4 is 10.6 Å². The van der Waals surface area contributed by atoms with E-state index in [0.717, 1.165) is 37.8 Å². The number of amides is 2. The summed E-state index contributed by atoms with van der Waals surface area (Å²) in [6.07, 6.45) is 14.2. The zero-order valence-corrected chi connectivity index (χ0v) is 15.0. The Kier molecular flexibility index (Phi) is 10.4. The van der Waals surface area contributed by atoms with Gasteiger partial charge in [-0.05, 0) is 32.6 Å². The summed E-state index contributed by atoms with van der Waals surface area (Å²) in [7, 11) is 0. The van der Waals surface area contributed by atoms with Crippen molar-refractivity contribution in [2.45, 2.75) is 90.5 Å². The minimum Gasteiger partial charge on any atom is -0.356 e. The predicted molar refractivity (Wildman–Crippen MR) is 95.2 cm³/mol. The summed E-state index contributed by atoms with van der Waals surface area (Å²) >= 11 is 0. The van der Waals surface area contributed by atoms with Gasteiger partial charge in [-0.1, -0.05) is 51.5 Å². The number of nitrogens with one attached hydrogen (secondary N) is 2. The number of unbranched alkanes of at least 4 members (excludes halogenated alkanes) is 7. The van der Waals surface area contributed by atoms with E-state index in [1.165, 1.54) is 38.5 Å². The molecule has 23 heavy (non-hydrogen) atoms. The van der Waals surface area contributed by atoms with E-state index in [1.807, 2.05) is 13.0 Å². The topological polar surface area (TPSA) is 58.2 Å². The second kappa shape index (κ2) is 12.1. The maximum absolute atomic E-state index is 12.2. The van der Waals surface area contributed by atoms with Gasteiger partial charge in [-0.15, -0.1) is 0 Å². The van der Waals surface area contributed by atoms with Crippen LogP contribution in [0.15, 0.2) is 11.6 Å². The first-order chi connectivity index (χ1) is 11.1. The lowest BCUT2D eigenvalue weighted by molar-refractivity contribution is -0.121. The van der Waals surface area contributed by atoms with E-state index in [1.54, 1.807) is 0 Å². The molecule has 1 saturated heterocycles. The summed E-state index contributed by atoms with van der Waals surface area (Å²) in [6.45, 7) is 4.83. The standard InChI is InChI=1S/C19H34N2O2/c1-3-4-5-6-7-8-9-10-12-16(2)19(23)21-17-13-11-14-20-18(22)15-17/h12,17H,3-11,13-15H2,1-2H3,(H,20,22)(H,21,23)/t17-/m0/s1. The second-order valence-corrected chi connectivity index (χ2v) is 6.66. The molecule has 1 aliphatic heterocycles. The average molecular weight is 322 g/mol. The van der Waals surface area contributed by atoms with E-state index in [9.17, 15) is 9.59 Å². The van der Waals surface area contributed by atoms with Gasteiger partial charge in [-0.2, -0.15) is 0 Å². The van der Waals surface area contributed by atoms with Gasteiger partial charge in [-0.3, -0.25) is 9.59 Å². The van der Waals surface area contributed by atoms with Crippen LogP contribution in [0.3, 0.4) is 0 Å². The highest BCUT2D eigenvalue weighted by Crippen LogP contribution is 2.11. The molecule has 1 heterocycles. The molecular formula is C19H34N2O2. The molecule has 4 heteroatoms. The molecule has 132 valence electrons. The zero-order valence-electron chi connectivity index (χ0n) is 15.0. The Labute approximate surface area is 141 Å². The maximum atomic E-state index is 12.2. The van der Waals surface area contributed by atoms with Crippen molar-refractivity contribution in [1.82, 2.24) is 10.6 Å². The third-order valence-electron chi connectivity index (χ3n) is 4.43. The smallest absolute Gasteiger partial charge is 0.246 e. The van der Waals surface area contributed by atoms with Gasteiger partial charge < -0.3 is 10.6 Å². The largest absolute Gasteiger partial charge is 0.356 e. The minimum absolute atomic E-state index is 0.0207. The first-order valence-corrected chi connectivity index (χ1v) is 9.37. The Morgan fingerprint density at radius 2 is 1.91 bits per heavy atom. The van der Waals surface area contributed by atoms with E-state index in [4.69, 9.17) is 0 Å². The van der Waals surface area contributed by atoms with Gasteiger partial charge in [0.1, 0.15) is 0 Å². The molecule has 2 amide bonds. The van der Waals surface area contributed by atoms with Crippen molar-refractivity contribution >= 4 is 11.8 Å². The predicted octanol–water partition coefficient (Wildman–Crippen LogP) is 3.86. The van der Waals surface area contributed by atoms with Gasteiger partial charge >= 0.3 is 0 Å². The first-order valence-electron chi connectivity index (χ1n) is 9.37. The molecule has 0 unspecified atom stereocenters. The Morgan fingerprint density at radius 3 is 2.65 bits per heavy atom. The van der Waals surface area contributed by atoms with Crippen molar-refractivity contribution in [2.24, 2.45) is 0 Å². The van der Waals surface area contributed by atoms with Crippen molar-refractivity contribution in [3.63, 3.8) is 0 Å². The van der Waals surface area contributed by atoms with E-state index in [2.05, 4.69) is 17.6 Å². The summed E-state index contributed by atoms with van der Waals surface area (Å²) in [5.41, 5.74) is 0.778. The Hall–Kier alpha value is -1.32. The van der Waals surface area contributed by atoms with Gasteiger partial charge in [0, 0.05) is 24.6 Å². The summed E-state index contributed by atoms with van der Waals surface area (Å²) in [5, 5.41) is 5.83. The minimum atomic E-state index is -0.0214. The highest BCUT2D eigenvalue weighted by molar-refractivity contribution is 5.93. The monoisotopic (exact) mass is 322 g/mol. The van der Waals surface area contributed by atoms with Gasteiger partial charge in [0.05, 0.1) is 0 Å². The molecule has 0 saturated carbocycles. The van der Waals surface area contributed by atoms with Gasteiger partial charge in [-0.25, -0.2) is 0 Å². The van der Waals surface area contributed by atoms with Crippen molar-refractivity contribution in [3.8, 4) is 0 Å². The van der Waals surface area contributed by atoms with E-state index >= 15 is 0 Å². The van der Waals surface area contributed by atoms with Crippen LogP contribution in [0.2, 0.25) is 0 Å². The van der Waals surface area contributed by atoms with Crippen LogP contribution in [0.4, 0.5) is 0 Å². The Balaban J connectivity index is 2.17. The molecule has 1 rings (SSSR count). The normalized spacial score (nSPS) is 19.1. The fraction of sp³-hybridized carbons (Fsp3) is 0.789. The van der Waals surface area contributed by atoms with Crippen molar-refractivity contribution < 1.29 is 9.59 Å². The summed E-state index contributed by atoms with van der Waals surface area (Å²) in [4.78, 5) is 23.7. The number of hydrogen-bond donors (Lipinski definition) is 2. The number of hydrogen-bond acceptors (Lipinski definition) is 2. The zero-order chi connectivity index (χ0) is 16.9. The molecule has 4 nitrogen and oxygen atoms in total. The Morgan fingerprint density at radius 1 is 1.22 bits per heavy atom. The number of allylic oxidation sites excluding steroid dienone is 1. The molecule has 1 aliphatic rings. The number of carbonyl (C=O) groups excluding carboxylic acids is 2. The third-order valence-corrected chi connectivity index (χ3v) is 4.43. The number of rotatable bonds is 10. The van der Waals surface area contributed by atoms with E-state index < -0.39 is 0 Å². The van der Waals surface area contributed by atoms with Crippen LogP contribution in [0.25, 0.3) is 0 Å². The van der Waals surface area contributed by atoms with E-state index in [0.29, 0.717) is 6.42 Å². The van der Waals surface area contributed by atoms with Crippen LogP contribution in [0.1, 0.15) is 84.5 Å². The quantitative estimate of drug-likeness (QED) is 0.474. The first kappa shape index (κ1) is 19.7. The Bertz CT molecular complexity index is 391. The molecule has 0 aromatic rings. The van der Waals surface area contributed by atoms with Crippen LogP contribution in [0, 0.1) is 0 Å². The van der Waals surface area contributed by atoms with Crippen LogP contribution >= 0.6 is 0 Å². The highest BCUT2D eigenvalue weighted by Gasteiger charge is 2.19. The average Bonchev–Trinajstić information content (AvgIpc) is 2.73. The van der Waals surface area contributed by atoms with Gasteiger partial charge in [0.15, 0.2) is 0 Å². The number of carbonyl (C=O) groups is 2. The lowest BCUT2D eigenvalue weighted by Crippen LogP contribution is -2.37. The fourth-order valence-corrected chi connectivity index (χ4v) is 2.91. The summed E-state index contributed by atoms with van der Waals surface area (Å²) in [6, 6.07) is -0.0214. The molecule has 0 radical (unpaired) electrons. The van der Waals surface area contributed by atoms with Gasteiger partial charge in [0.25, 0.3) is 0 Å². The highest BCUT2D eigenvalue weighted by atomic mass is 16.2. The fourth-order valence-electron chi connectivity index (χ4n) is 2.91. The molecule has 2 N–H and O–H groups in total. The molecule has 0 aliphatic carbocycles. The van der Waals surface area contributed by atoms with Crippen molar-refractivity contribution in [2.75, 3.05) is 6.54 Å². The molecule has 1 fully saturated rings. The second-order valence-electron chi connectivity index (χ2n) is 6.66. The molecule has 1 atom stereocenters.